The maximum Gasteiger partial charge on any atom is 0.251 e. The van der Waals surface area contributed by atoms with E-state index in [1.165, 1.54) is 19.4 Å². The number of aliphatic hydroxyl groups is 1. The number of methoxy groups -OCH3 is 1. The molecule has 1 aliphatic rings. The fourth-order valence-corrected chi connectivity index (χ4v) is 3.84. The summed E-state index contributed by atoms with van der Waals surface area (Å²) in [6, 6.07) is 13.3. The van der Waals surface area contributed by atoms with E-state index in [1.54, 1.807) is 7.11 Å². The van der Waals surface area contributed by atoms with E-state index in [-0.39, 0.29) is 12.5 Å². The van der Waals surface area contributed by atoms with Crippen molar-refractivity contribution in [1.82, 2.24) is 10.2 Å². The van der Waals surface area contributed by atoms with Gasteiger partial charge in [0.2, 0.25) is 0 Å². The molecule has 5 heteroatoms. The monoisotopic (exact) mass is 382 g/mol. The number of nitrogens with zero attached hydrogens (tertiary/aromatic N) is 1. The maximum absolute atomic E-state index is 12.5. The van der Waals surface area contributed by atoms with Crippen LogP contribution in [0, 0.1) is 5.92 Å². The molecule has 2 N–H and O–H groups in total. The molecular weight excluding hydrogens is 352 g/mol. The van der Waals surface area contributed by atoms with Gasteiger partial charge in [0.25, 0.3) is 5.91 Å². The van der Waals surface area contributed by atoms with Gasteiger partial charge in [0.1, 0.15) is 5.75 Å². The Labute approximate surface area is 167 Å². The molecule has 1 atom stereocenters. The van der Waals surface area contributed by atoms with Crippen LogP contribution in [0.15, 0.2) is 42.5 Å². The van der Waals surface area contributed by atoms with Crippen molar-refractivity contribution in [3.63, 3.8) is 0 Å². The number of carbonyl (C=O) groups is 1. The third kappa shape index (κ3) is 4.91. The van der Waals surface area contributed by atoms with Crippen LogP contribution in [0.5, 0.6) is 5.75 Å². The van der Waals surface area contributed by atoms with Crippen LogP contribution in [0.3, 0.4) is 0 Å². The van der Waals surface area contributed by atoms with E-state index in [2.05, 4.69) is 17.1 Å². The third-order valence-corrected chi connectivity index (χ3v) is 5.53. The van der Waals surface area contributed by atoms with E-state index < -0.39 is 0 Å². The number of rotatable bonds is 7. The van der Waals surface area contributed by atoms with Gasteiger partial charge in [-0.2, -0.15) is 0 Å². The van der Waals surface area contributed by atoms with Crippen LogP contribution < -0.4 is 10.1 Å². The summed E-state index contributed by atoms with van der Waals surface area (Å²) in [5.41, 5.74) is 3.40. The SMILES string of the molecule is CCN1CCC[C@@H](CNC(=O)c2ccc(-c3ccc(OC)c(CO)c3)cc2)C1. The Kier molecular flexibility index (Phi) is 7.06. The Morgan fingerprint density at radius 3 is 2.64 bits per heavy atom. The number of hydrogen-bond acceptors (Lipinski definition) is 4. The van der Waals surface area contributed by atoms with E-state index in [9.17, 15) is 9.90 Å². The highest BCUT2D eigenvalue weighted by Crippen LogP contribution is 2.27. The number of aliphatic hydroxyl groups excluding tert-OH is 1. The van der Waals surface area contributed by atoms with Gasteiger partial charge in [0.05, 0.1) is 13.7 Å². The number of nitrogens with one attached hydrogen (secondary N) is 1. The second-order valence-corrected chi connectivity index (χ2v) is 7.37. The molecule has 3 rings (SSSR count). The number of amides is 1. The van der Waals surface area contributed by atoms with E-state index >= 15 is 0 Å². The first-order chi connectivity index (χ1) is 13.6. The minimum Gasteiger partial charge on any atom is -0.496 e. The number of benzene rings is 2. The molecule has 0 aliphatic carbocycles. The lowest BCUT2D eigenvalue weighted by molar-refractivity contribution is 0.0933. The molecule has 0 bridgehead atoms. The number of ether oxygens (including phenoxy) is 1. The van der Waals surface area contributed by atoms with Gasteiger partial charge < -0.3 is 20.1 Å². The molecule has 0 spiro atoms. The van der Waals surface area contributed by atoms with E-state index in [0.29, 0.717) is 17.2 Å². The zero-order valence-corrected chi connectivity index (χ0v) is 16.8. The summed E-state index contributed by atoms with van der Waals surface area (Å²) in [6.07, 6.45) is 2.39. The fraction of sp³-hybridized carbons (Fsp3) is 0.435. The Hall–Kier alpha value is -2.37. The van der Waals surface area contributed by atoms with Crippen molar-refractivity contribution in [2.45, 2.75) is 26.4 Å². The summed E-state index contributed by atoms with van der Waals surface area (Å²) in [4.78, 5) is 14.9. The van der Waals surface area contributed by atoms with Crippen LogP contribution in [-0.4, -0.2) is 49.2 Å². The second kappa shape index (κ2) is 9.71. The van der Waals surface area contributed by atoms with Gasteiger partial charge in [-0.25, -0.2) is 0 Å². The van der Waals surface area contributed by atoms with Crippen molar-refractivity contribution in [3.05, 3.63) is 53.6 Å². The fourth-order valence-electron chi connectivity index (χ4n) is 3.84. The summed E-state index contributed by atoms with van der Waals surface area (Å²) in [5, 5.41) is 12.6. The highest BCUT2D eigenvalue weighted by molar-refractivity contribution is 5.94. The van der Waals surface area contributed by atoms with Gasteiger partial charge in [0.15, 0.2) is 0 Å². The first-order valence-electron chi connectivity index (χ1n) is 10.0. The molecule has 0 saturated carbocycles. The molecule has 1 amide bonds. The first-order valence-corrected chi connectivity index (χ1v) is 10.0. The van der Waals surface area contributed by atoms with Crippen molar-refractivity contribution < 1.29 is 14.6 Å². The molecule has 2 aromatic carbocycles. The van der Waals surface area contributed by atoms with Gasteiger partial charge in [0, 0.05) is 24.2 Å². The molecule has 1 saturated heterocycles. The summed E-state index contributed by atoms with van der Waals surface area (Å²) in [6.45, 7) is 6.17. The summed E-state index contributed by atoms with van der Waals surface area (Å²) >= 11 is 0. The Balaban J connectivity index is 1.61. The van der Waals surface area contributed by atoms with Crippen molar-refractivity contribution in [3.8, 4) is 16.9 Å². The van der Waals surface area contributed by atoms with E-state index in [4.69, 9.17) is 4.74 Å². The summed E-state index contributed by atoms with van der Waals surface area (Å²) < 4.78 is 5.25. The Bertz CT molecular complexity index is 789. The lowest BCUT2D eigenvalue weighted by Crippen LogP contribution is -2.40. The molecule has 2 aromatic rings. The predicted octanol–water partition coefficient (Wildman–Crippen LogP) is 3.32. The van der Waals surface area contributed by atoms with Crippen LogP contribution in [0.1, 0.15) is 35.7 Å². The normalized spacial score (nSPS) is 17.3. The van der Waals surface area contributed by atoms with Gasteiger partial charge in [-0.3, -0.25) is 4.79 Å². The zero-order valence-electron chi connectivity index (χ0n) is 16.8. The molecule has 28 heavy (non-hydrogen) atoms. The van der Waals surface area contributed by atoms with E-state index in [1.807, 2.05) is 42.5 Å². The van der Waals surface area contributed by atoms with Crippen LogP contribution >= 0.6 is 0 Å². The maximum atomic E-state index is 12.5. The van der Waals surface area contributed by atoms with Gasteiger partial charge in [-0.15, -0.1) is 0 Å². The standard InChI is InChI=1S/C23H30N2O3/c1-3-25-12-4-5-17(15-25)14-24-23(27)19-8-6-18(7-9-19)20-10-11-22(28-2)21(13-20)16-26/h6-11,13,17,26H,3-5,12,14-16H2,1-2H3,(H,24,27)/t17-/m0/s1. The average Bonchev–Trinajstić information content (AvgIpc) is 2.77. The minimum absolute atomic E-state index is 0.0223. The van der Waals surface area contributed by atoms with E-state index in [0.717, 1.165) is 36.3 Å². The largest absolute Gasteiger partial charge is 0.496 e. The molecule has 150 valence electrons. The highest BCUT2D eigenvalue weighted by atomic mass is 16.5. The average molecular weight is 383 g/mol. The molecule has 1 aliphatic heterocycles. The molecule has 0 unspecified atom stereocenters. The van der Waals surface area contributed by atoms with Crippen LogP contribution in [0.4, 0.5) is 0 Å². The quantitative estimate of drug-likeness (QED) is 0.771. The first kappa shape index (κ1) is 20.4. The van der Waals surface area contributed by atoms with Crippen LogP contribution in [0.25, 0.3) is 11.1 Å². The number of hydrogen-bond donors (Lipinski definition) is 2. The third-order valence-electron chi connectivity index (χ3n) is 5.53. The molecule has 0 aromatic heterocycles. The Morgan fingerprint density at radius 1 is 1.21 bits per heavy atom. The molecule has 1 fully saturated rings. The van der Waals surface area contributed by atoms with Gasteiger partial charge in [-0.1, -0.05) is 25.1 Å². The number of carbonyl (C=O) groups excluding carboxylic acids is 1. The van der Waals surface area contributed by atoms with Gasteiger partial charge >= 0.3 is 0 Å². The lowest BCUT2D eigenvalue weighted by Gasteiger charge is -2.31. The molecule has 5 nitrogen and oxygen atoms in total. The van der Waals surface area contributed by atoms with Crippen molar-refractivity contribution in [2.75, 3.05) is 33.3 Å². The van der Waals surface area contributed by atoms with Crippen LogP contribution in [-0.2, 0) is 6.61 Å². The number of piperidine rings is 1. The lowest BCUT2D eigenvalue weighted by atomic mass is 9.97. The highest BCUT2D eigenvalue weighted by Gasteiger charge is 2.19. The van der Waals surface area contributed by atoms with Gasteiger partial charge in [-0.05, 0) is 67.2 Å². The molecular formula is C23H30N2O3. The summed E-state index contributed by atoms with van der Waals surface area (Å²) in [7, 11) is 1.59. The predicted molar refractivity (Wildman–Crippen MR) is 112 cm³/mol. The van der Waals surface area contributed by atoms with Crippen LogP contribution in [0.2, 0.25) is 0 Å². The minimum atomic E-state index is -0.0753. The Morgan fingerprint density at radius 2 is 1.96 bits per heavy atom. The molecule has 1 heterocycles. The second-order valence-electron chi connectivity index (χ2n) is 7.37. The molecule has 0 radical (unpaired) electrons. The van der Waals surface area contributed by atoms with Crippen molar-refractivity contribution >= 4 is 5.91 Å². The van der Waals surface area contributed by atoms with Crippen molar-refractivity contribution in [1.29, 1.82) is 0 Å². The smallest absolute Gasteiger partial charge is 0.251 e. The summed E-state index contributed by atoms with van der Waals surface area (Å²) in [5.74, 6) is 1.19. The van der Waals surface area contributed by atoms with Crippen molar-refractivity contribution in [2.24, 2.45) is 5.92 Å². The zero-order chi connectivity index (χ0) is 19.9. The number of likely N-dealkylation sites (tertiary alicyclic amines) is 1. The topological polar surface area (TPSA) is 61.8 Å².